The number of carbonyl (C=O) groups is 2. The summed E-state index contributed by atoms with van der Waals surface area (Å²) in [6.07, 6.45) is 4.83. The molecule has 0 fully saturated rings. The summed E-state index contributed by atoms with van der Waals surface area (Å²) in [4.78, 5) is 28.2. The molecule has 1 heterocycles. The predicted molar refractivity (Wildman–Crippen MR) is 93.6 cm³/mol. The van der Waals surface area contributed by atoms with Crippen molar-refractivity contribution in [3.63, 3.8) is 0 Å². The molecule has 0 atom stereocenters. The number of carbonyl (C=O) groups excluding carboxylic acids is 2. The molecule has 0 radical (unpaired) electrons. The number of hydrogen-bond donors (Lipinski definition) is 2. The van der Waals surface area contributed by atoms with Crippen LogP contribution < -0.4 is 10.6 Å². The van der Waals surface area contributed by atoms with Crippen LogP contribution in [-0.4, -0.2) is 23.3 Å². The molecular weight excluding hydrogens is 358 g/mol. The maximum absolute atomic E-state index is 12.2. The second-order valence-electron chi connectivity index (χ2n) is 5.03. The number of anilines is 1. The third kappa shape index (κ3) is 5.17. The topological polar surface area (TPSA) is 71.1 Å². The number of aromatic nitrogens is 1. The van der Waals surface area contributed by atoms with Crippen LogP contribution in [0.15, 0.2) is 47.2 Å². The lowest BCUT2D eigenvalue weighted by Gasteiger charge is -2.07. The van der Waals surface area contributed by atoms with Crippen molar-refractivity contribution < 1.29 is 9.59 Å². The molecule has 2 amide bonds. The number of rotatable bonds is 6. The van der Waals surface area contributed by atoms with Crippen molar-refractivity contribution in [2.75, 3.05) is 11.9 Å². The molecule has 0 aliphatic carbocycles. The maximum Gasteiger partial charge on any atom is 0.257 e. The van der Waals surface area contributed by atoms with E-state index >= 15 is 0 Å². The van der Waals surface area contributed by atoms with Gasteiger partial charge in [-0.15, -0.1) is 0 Å². The number of nitrogens with zero attached hydrogens (tertiary/aromatic N) is 1. The number of halogens is 1. The molecule has 1 aromatic heterocycles. The largest absolute Gasteiger partial charge is 0.352 e. The fourth-order valence-corrected chi connectivity index (χ4v) is 2.17. The Morgan fingerprint density at radius 2 is 1.74 bits per heavy atom. The van der Waals surface area contributed by atoms with Crippen molar-refractivity contribution in [3.05, 3.63) is 58.3 Å². The second kappa shape index (κ2) is 8.43. The minimum absolute atomic E-state index is 0.218. The van der Waals surface area contributed by atoms with E-state index in [2.05, 4.69) is 38.5 Å². The lowest BCUT2D eigenvalue weighted by atomic mass is 10.1. The Labute approximate surface area is 143 Å². The van der Waals surface area contributed by atoms with Crippen LogP contribution in [0.4, 0.5) is 5.69 Å². The first-order chi connectivity index (χ1) is 11.1. The Morgan fingerprint density at radius 1 is 1.09 bits per heavy atom. The van der Waals surface area contributed by atoms with Crippen LogP contribution in [0.5, 0.6) is 0 Å². The van der Waals surface area contributed by atoms with Gasteiger partial charge in [-0.3, -0.25) is 14.6 Å². The van der Waals surface area contributed by atoms with E-state index in [1.165, 1.54) is 12.4 Å². The number of nitrogens with one attached hydrogen (secondary N) is 2. The van der Waals surface area contributed by atoms with Gasteiger partial charge in [-0.2, -0.15) is 0 Å². The number of unbranched alkanes of at least 4 members (excludes halogenated alkanes) is 1. The number of hydrogen-bond acceptors (Lipinski definition) is 3. The van der Waals surface area contributed by atoms with Crippen LogP contribution >= 0.6 is 15.9 Å². The van der Waals surface area contributed by atoms with Gasteiger partial charge in [0.25, 0.3) is 11.8 Å². The third-order valence-corrected chi connectivity index (χ3v) is 3.71. The van der Waals surface area contributed by atoms with Crippen LogP contribution in [0.25, 0.3) is 0 Å². The van der Waals surface area contributed by atoms with E-state index < -0.39 is 0 Å². The summed E-state index contributed by atoms with van der Waals surface area (Å²) in [5, 5.41) is 5.58. The molecule has 0 aliphatic rings. The van der Waals surface area contributed by atoms with Gasteiger partial charge in [-0.25, -0.2) is 0 Å². The van der Waals surface area contributed by atoms with Crippen LogP contribution in [-0.2, 0) is 0 Å². The van der Waals surface area contributed by atoms with E-state index in [4.69, 9.17) is 0 Å². The van der Waals surface area contributed by atoms with Crippen LogP contribution in [0.2, 0.25) is 0 Å². The molecule has 6 heteroatoms. The summed E-state index contributed by atoms with van der Waals surface area (Å²) in [7, 11) is 0. The Bertz CT molecular complexity index is 686. The fourth-order valence-electron chi connectivity index (χ4n) is 1.91. The first-order valence-electron chi connectivity index (χ1n) is 7.40. The third-order valence-electron chi connectivity index (χ3n) is 3.18. The lowest BCUT2D eigenvalue weighted by Crippen LogP contribution is -2.25. The Balaban J connectivity index is 2.04. The molecule has 2 N–H and O–H groups in total. The van der Waals surface area contributed by atoms with E-state index in [0.717, 1.165) is 17.3 Å². The monoisotopic (exact) mass is 375 g/mol. The molecule has 5 nitrogen and oxygen atoms in total. The minimum atomic E-state index is -0.303. The second-order valence-corrected chi connectivity index (χ2v) is 5.95. The van der Waals surface area contributed by atoms with Crippen molar-refractivity contribution in [2.45, 2.75) is 19.8 Å². The van der Waals surface area contributed by atoms with Gasteiger partial charge in [0.05, 0.1) is 11.1 Å². The SMILES string of the molecule is CCCCNC(=O)c1cncc(C(=O)Nc2ccc(Br)cc2)c1. The standard InChI is InChI=1S/C17H18BrN3O2/c1-2-3-8-20-16(22)12-9-13(11-19-10-12)17(23)21-15-6-4-14(18)5-7-15/h4-7,9-11H,2-3,8H2,1H3,(H,20,22)(H,21,23). The lowest BCUT2D eigenvalue weighted by molar-refractivity contribution is 0.0953. The van der Waals surface area contributed by atoms with Crippen LogP contribution in [0.1, 0.15) is 40.5 Å². The Morgan fingerprint density at radius 3 is 2.39 bits per heavy atom. The highest BCUT2D eigenvalue weighted by Crippen LogP contribution is 2.15. The first-order valence-corrected chi connectivity index (χ1v) is 8.19. The fraction of sp³-hybridized carbons (Fsp3) is 0.235. The molecular formula is C17H18BrN3O2. The molecule has 23 heavy (non-hydrogen) atoms. The van der Waals surface area contributed by atoms with E-state index in [9.17, 15) is 9.59 Å². The van der Waals surface area contributed by atoms with Gasteiger partial charge >= 0.3 is 0 Å². The molecule has 0 aliphatic heterocycles. The average Bonchev–Trinajstić information content (AvgIpc) is 2.57. The first kappa shape index (κ1) is 17.1. The zero-order chi connectivity index (χ0) is 16.7. The van der Waals surface area contributed by atoms with Gasteiger partial charge in [-0.05, 0) is 36.8 Å². The van der Waals surface area contributed by atoms with Crippen molar-refractivity contribution in [3.8, 4) is 0 Å². The molecule has 0 saturated heterocycles. The molecule has 0 saturated carbocycles. The van der Waals surface area contributed by atoms with E-state index in [0.29, 0.717) is 23.4 Å². The maximum atomic E-state index is 12.2. The number of amides is 2. The molecule has 2 rings (SSSR count). The molecule has 120 valence electrons. The van der Waals surface area contributed by atoms with Gasteiger partial charge in [0, 0.05) is 29.1 Å². The van der Waals surface area contributed by atoms with Crippen molar-refractivity contribution >= 4 is 33.4 Å². The molecule has 0 spiro atoms. The predicted octanol–water partition coefficient (Wildman–Crippen LogP) is 3.63. The van der Waals surface area contributed by atoms with Crippen molar-refractivity contribution in [1.29, 1.82) is 0 Å². The highest BCUT2D eigenvalue weighted by Gasteiger charge is 2.11. The molecule has 1 aromatic carbocycles. The smallest absolute Gasteiger partial charge is 0.257 e. The summed E-state index contributed by atoms with van der Waals surface area (Å²) in [6, 6.07) is 8.80. The van der Waals surface area contributed by atoms with Gasteiger partial charge in [-0.1, -0.05) is 29.3 Å². The molecule has 2 aromatic rings. The van der Waals surface area contributed by atoms with Crippen LogP contribution in [0, 0.1) is 0 Å². The highest BCUT2D eigenvalue weighted by atomic mass is 79.9. The van der Waals surface area contributed by atoms with E-state index in [-0.39, 0.29) is 11.8 Å². The van der Waals surface area contributed by atoms with Gasteiger partial charge in [0.2, 0.25) is 0 Å². The van der Waals surface area contributed by atoms with E-state index in [1.54, 1.807) is 18.2 Å². The summed E-state index contributed by atoms with van der Waals surface area (Å²) in [5.41, 5.74) is 1.40. The summed E-state index contributed by atoms with van der Waals surface area (Å²) < 4.78 is 0.933. The number of benzene rings is 1. The van der Waals surface area contributed by atoms with Crippen molar-refractivity contribution in [1.82, 2.24) is 10.3 Å². The molecule has 0 unspecified atom stereocenters. The van der Waals surface area contributed by atoms with Gasteiger partial charge in [0.1, 0.15) is 0 Å². The van der Waals surface area contributed by atoms with Crippen molar-refractivity contribution in [2.24, 2.45) is 0 Å². The quantitative estimate of drug-likeness (QED) is 0.757. The van der Waals surface area contributed by atoms with E-state index in [1.807, 2.05) is 12.1 Å². The average molecular weight is 376 g/mol. The highest BCUT2D eigenvalue weighted by molar-refractivity contribution is 9.10. The zero-order valence-corrected chi connectivity index (χ0v) is 14.4. The Hall–Kier alpha value is -2.21. The van der Waals surface area contributed by atoms with Crippen LogP contribution in [0.3, 0.4) is 0 Å². The normalized spacial score (nSPS) is 10.2. The zero-order valence-electron chi connectivity index (χ0n) is 12.8. The number of pyridine rings is 1. The van der Waals surface area contributed by atoms with Gasteiger partial charge in [0.15, 0.2) is 0 Å². The summed E-state index contributed by atoms with van der Waals surface area (Å²) >= 11 is 3.34. The van der Waals surface area contributed by atoms with Gasteiger partial charge < -0.3 is 10.6 Å². The Kier molecular flexibility index (Phi) is 6.29. The summed E-state index contributed by atoms with van der Waals surface area (Å²) in [6.45, 7) is 2.67. The molecule has 0 bridgehead atoms. The summed E-state index contributed by atoms with van der Waals surface area (Å²) in [5.74, 6) is -0.521. The minimum Gasteiger partial charge on any atom is -0.352 e.